The molecule has 1 fully saturated rings. The smallest absolute Gasteiger partial charge is 0.459 e. The van der Waals surface area contributed by atoms with E-state index in [0.29, 0.717) is 16.6 Å². The molecule has 0 radical (unpaired) electrons. The van der Waals surface area contributed by atoms with E-state index in [1.807, 2.05) is 13.8 Å². The maximum absolute atomic E-state index is 14.7. The number of fused-ring (bicyclic) bond motifs is 1. The van der Waals surface area contributed by atoms with Crippen LogP contribution in [0.2, 0.25) is 0 Å². The van der Waals surface area contributed by atoms with Crippen LogP contribution in [0, 0.1) is 17.2 Å². The molecular formula is C43H47N6O10P. The highest BCUT2D eigenvalue weighted by Gasteiger charge is 2.63. The molecule has 6 unspecified atom stereocenters. The summed E-state index contributed by atoms with van der Waals surface area (Å²) in [5.41, 5.74) is 5.55. The Morgan fingerprint density at radius 1 is 0.917 bits per heavy atom. The largest absolute Gasteiger partial charge is 0.464 e. The molecule has 0 amide bonds. The second-order valence-electron chi connectivity index (χ2n) is 14.2. The maximum Gasteiger partial charge on any atom is 0.459 e. The van der Waals surface area contributed by atoms with Crippen LogP contribution in [-0.4, -0.2) is 70.1 Å². The SMILES string of the molecule is CCC(CC)COC(=O)C(C)NP(=O)(OCC1OC(C#N)(c2ccc3c(N)ncnn23)C(OC(=O)Cc2ccccc2)C1OC(=O)Cc1ccccc1)Oc1ccccc1. The van der Waals surface area contributed by atoms with Gasteiger partial charge in [-0.05, 0) is 48.2 Å². The molecule has 3 N–H and O–H groups in total. The Morgan fingerprint density at radius 2 is 1.52 bits per heavy atom. The molecule has 1 aliphatic heterocycles. The van der Waals surface area contributed by atoms with Crippen LogP contribution in [0.15, 0.2) is 109 Å². The van der Waals surface area contributed by atoms with Crippen LogP contribution in [0.4, 0.5) is 5.82 Å². The number of carbonyl (C=O) groups is 3. The van der Waals surface area contributed by atoms with Gasteiger partial charge in [0.05, 0.1) is 31.7 Å². The van der Waals surface area contributed by atoms with Crippen molar-refractivity contribution in [2.75, 3.05) is 18.9 Å². The van der Waals surface area contributed by atoms with Gasteiger partial charge in [-0.25, -0.2) is 14.1 Å². The zero-order valence-electron chi connectivity index (χ0n) is 33.4. The summed E-state index contributed by atoms with van der Waals surface area (Å²) in [7, 11) is -4.53. The number of para-hydroxylation sites is 1. The molecule has 6 rings (SSSR count). The molecule has 1 aliphatic rings. The number of ether oxygens (including phenoxy) is 4. The first kappa shape index (κ1) is 43.5. The van der Waals surface area contributed by atoms with Crippen LogP contribution in [0.25, 0.3) is 5.52 Å². The Morgan fingerprint density at radius 3 is 2.12 bits per heavy atom. The summed E-state index contributed by atoms with van der Waals surface area (Å²) in [6.45, 7) is 4.93. The normalized spacial score (nSPS) is 20.1. The molecule has 2 aromatic heterocycles. The first-order valence-corrected chi connectivity index (χ1v) is 21.1. The summed E-state index contributed by atoms with van der Waals surface area (Å²) >= 11 is 0. The van der Waals surface area contributed by atoms with Crippen LogP contribution in [0.3, 0.4) is 0 Å². The number of carbonyl (C=O) groups excluding carboxylic acids is 3. The van der Waals surface area contributed by atoms with Gasteiger partial charge < -0.3 is 29.2 Å². The van der Waals surface area contributed by atoms with E-state index < -0.39 is 62.2 Å². The average Bonchev–Trinajstić information content (AvgIpc) is 3.81. The number of hydrogen-bond donors (Lipinski definition) is 2. The molecule has 3 aromatic carbocycles. The molecule has 314 valence electrons. The van der Waals surface area contributed by atoms with Gasteiger partial charge in [0.25, 0.3) is 0 Å². The number of nitriles is 1. The van der Waals surface area contributed by atoms with Crippen molar-refractivity contribution < 1.29 is 46.9 Å². The van der Waals surface area contributed by atoms with Gasteiger partial charge in [-0.2, -0.15) is 15.4 Å². The molecule has 6 atom stereocenters. The third-order valence-corrected chi connectivity index (χ3v) is 11.7. The molecule has 0 bridgehead atoms. The first-order valence-electron chi connectivity index (χ1n) is 19.6. The van der Waals surface area contributed by atoms with Crippen LogP contribution < -0.4 is 15.3 Å². The Bertz CT molecular complexity index is 2320. The standard InChI is InChI=1S/C43H47N6O10P/c1-4-30(5-2)25-54-42(52)29(3)48-60(53,59-33-19-13-8-14-20-33)55-26-35-39(56-37(50)23-31-15-9-6-10-16-31)40(57-38(51)24-32-17-11-7-12-18-32)43(27-44,58-35)36-22-21-34-41(45)46-28-47-49(34)36/h6-22,28-30,35,39-40H,4-5,23-26H2,1-3H3,(H,48,53)(H2,45,46,47). The van der Waals surface area contributed by atoms with E-state index >= 15 is 0 Å². The summed E-state index contributed by atoms with van der Waals surface area (Å²) in [6, 6.07) is 29.8. The summed E-state index contributed by atoms with van der Waals surface area (Å²) < 4.78 is 52.2. The third kappa shape index (κ3) is 10.4. The second kappa shape index (κ2) is 19.8. The van der Waals surface area contributed by atoms with Crippen LogP contribution >= 0.6 is 7.75 Å². The van der Waals surface area contributed by atoms with Crippen molar-refractivity contribution in [3.8, 4) is 11.8 Å². The lowest BCUT2D eigenvalue weighted by molar-refractivity contribution is -0.168. The van der Waals surface area contributed by atoms with Crippen molar-refractivity contribution in [1.82, 2.24) is 19.7 Å². The van der Waals surface area contributed by atoms with Gasteiger partial charge in [0.15, 0.2) is 18.0 Å². The number of benzene rings is 3. The lowest BCUT2D eigenvalue weighted by Gasteiger charge is -2.29. The van der Waals surface area contributed by atoms with Crippen LogP contribution in [-0.2, 0) is 60.9 Å². The van der Waals surface area contributed by atoms with Gasteiger partial charge in [-0.15, -0.1) is 0 Å². The fourth-order valence-electron chi connectivity index (χ4n) is 6.73. The molecule has 3 heterocycles. The highest BCUT2D eigenvalue weighted by Crippen LogP contribution is 2.48. The number of nitrogens with two attached hydrogens (primary N) is 1. The minimum atomic E-state index is -4.53. The van der Waals surface area contributed by atoms with E-state index in [4.69, 9.17) is 33.7 Å². The lowest BCUT2D eigenvalue weighted by Crippen LogP contribution is -2.46. The van der Waals surface area contributed by atoms with Gasteiger partial charge in [-0.1, -0.05) is 106 Å². The number of nitrogens with one attached hydrogen (secondary N) is 1. The third-order valence-electron chi connectivity index (χ3n) is 10.0. The Labute approximate surface area is 347 Å². The lowest BCUT2D eigenvalue weighted by atomic mass is 9.92. The van der Waals surface area contributed by atoms with Crippen molar-refractivity contribution >= 4 is 37.0 Å². The topological polar surface area (TPSA) is 216 Å². The van der Waals surface area contributed by atoms with Gasteiger partial charge in [-0.3, -0.25) is 18.9 Å². The van der Waals surface area contributed by atoms with Gasteiger partial charge in [0.1, 0.15) is 35.8 Å². The highest BCUT2D eigenvalue weighted by atomic mass is 31.2. The predicted molar refractivity (Wildman–Crippen MR) is 218 cm³/mol. The summed E-state index contributed by atoms with van der Waals surface area (Å²) in [5, 5.41) is 18.1. The van der Waals surface area contributed by atoms with E-state index in [2.05, 4.69) is 21.2 Å². The first-order chi connectivity index (χ1) is 29.0. The fraction of sp³-hybridized carbons (Fsp3) is 0.349. The highest BCUT2D eigenvalue weighted by molar-refractivity contribution is 7.52. The van der Waals surface area contributed by atoms with Crippen LogP contribution in [0.1, 0.15) is 50.4 Å². The average molecular weight is 839 g/mol. The molecule has 17 heteroatoms. The molecule has 16 nitrogen and oxygen atoms in total. The van der Waals surface area contributed by atoms with Gasteiger partial charge in [0.2, 0.25) is 5.60 Å². The Balaban J connectivity index is 1.38. The van der Waals surface area contributed by atoms with Crippen molar-refractivity contribution in [3.05, 3.63) is 126 Å². The van der Waals surface area contributed by atoms with E-state index in [1.54, 1.807) is 97.1 Å². The summed E-state index contributed by atoms with van der Waals surface area (Å²) in [4.78, 5) is 44.8. The quantitative estimate of drug-likeness (QED) is 0.0563. The summed E-state index contributed by atoms with van der Waals surface area (Å²) in [5.74, 6) is -1.84. The second-order valence-corrected chi connectivity index (χ2v) is 15.9. The van der Waals surface area contributed by atoms with E-state index in [9.17, 15) is 24.2 Å². The molecule has 0 saturated carbocycles. The number of esters is 3. The molecule has 5 aromatic rings. The monoisotopic (exact) mass is 838 g/mol. The zero-order valence-corrected chi connectivity index (χ0v) is 34.3. The minimum absolute atomic E-state index is 0.0638. The van der Waals surface area contributed by atoms with Gasteiger partial charge >= 0.3 is 25.7 Å². The fourth-order valence-corrected chi connectivity index (χ4v) is 8.23. The van der Waals surface area contributed by atoms with Crippen molar-refractivity contribution in [2.45, 2.75) is 76.4 Å². The van der Waals surface area contributed by atoms with Gasteiger partial charge in [0, 0.05) is 0 Å². The molecule has 0 aliphatic carbocycles. The van der Waals surface area contributed by atoms with Crippen molar-refractivity contribution in [3.63, 3.8) is 0 Å². The Hall–Kier alpha value is -6.11. The van der Waals surface area contributed by atoms with Crippen LogP contribution in [0.5, 0.6) is 5.75 Å². The van der Waals surface area contributed by atoms with E-state index in [1.165, 1.54) is 23.8 Å². The number of hydrogen-bond acceptors (Lipinski definition) is 14. The molecule has 1 saturated heterocycles. The van der Waals surface area contributed by atoms with E-state index in [-0.39, 0.29) is 42.6 Å². The number of aromatic nitrogens is 3. The molecule has 0 spiro atoms. The number of nitrogen functional groups attached to an aromatic ring is 1. The Kier molecular flexibility index (Phi) is 14.3. The van der Waals surface area contributed by atoms with Crippen molar-refractivity contribution in [2.24, 2.45) is 5.92 Å². The molecule has 60 heavy (non-hydrogen) atoms. The molecular weight excluding hydrogens is 791 g/mol. The number of anilines is 1. The van der Waals surface area contributed by atoms with E-state index in [0.717, 1.165) is 12.8 Å². The van der Waals surface area contributed by atoms with Crippen molar-refractivity contribution in [1.29, 1.82) is 5.26 Å². The summed E-state index contributed by atoms with van der Waals surface area (Å²) in [6.07, 6.45) is -2.26. The minimum Gasteiger partial charge on any atom is -0.464 e. The number of rotatable bonds is 19. The zero-order chi connectivity index (χ0) is 42.7. The maximum atomic E-state index is 14.7. The predicted octanol–water partition coefficient (Wildman–Crippen LogP) is 5.90. The number of nitrogens with zero attached hydrogens (tertiary/aromatic N) is 4.